The first-order valence-electron chi connectivity index (χ1n) is 14.2. The second kappa shape index (κ2) is 11.3. The average Bonchev–Trinajstić information content (AvgIpc) is 3.36. The van der Waals surface area contributed by atoms with E-state index in [1.807, 2.05) is 4.90 Å². The molecule has 36 heavy (non-hydrogen) atoms. The molecule has 5 rings (SSSR count). The molecule has 2 saturated heterocycles. The van der Waals surface area contributed by atoms with Gasteiger partial charge < -0.3 is 15.1 Å². The molecule has 0 radical (unpaired) electrons. The molecule has 7 heteroatoms. The highest BCUT2D eigenvalue weighted by Crippen LogP contribution is 2.36. The molecule has 4 aliphatic rings. The lowest BCUT2D eigenvalue weighted by molar-refractivity contribution is 0.106. The predicted octanol–water partition coefficient (Wildman–Crippen LogP) is 4.59. The van der Waals surface area contributed by atoms with E-state index in [2.05, 4.69) is 82.4 Å². The van der Waals surface area contributed by atoms with Gasteiger partial charge in [0.05, 0.1) is 11.7 Å². The molecule has 0 spiro atoms. The largest absolute Gasteiger partial charge is 0.338 e. The highest BCUT2D eigenvalue weighted by atomic mass is 16.2. The van der Waals surface area contributed by atoms with E-state index in [0.717, 1.165) is 57.9 Å². The van der Waals surface area contributed by atoms with Crippen molar-refractivity contribution in [2.24, 2.45) is 11.0 Å². The van der Waals surface area contributed by atoms with E-state index in [9.17, 15) is 4.79 Å². The maximum Gasteiger partial charge on any atom is 0.317 e. The van der Waals surface area contributed by atoms with Crippen LogP contribution in [0.1, 0.15) is 76.1 Å². The Balaban J connectivity index is 1.18. The Morgan fingerprint density at radius 3 is 2.56 bits per heavy atom. The third-order valence-electron chi connectivity index (χ3n) is 8.58. The first-order valence-corrected chi connectivity index (χ1v) is 14.2. The minimum absolute atomic E-state index is 0.0781. The van der Waals surface area contributed by atoms with Crippen LogP contribution in [-0.2, 0) is 0 Å². The summed E-state index contributed by atoms with van der Waals surface area (Å²) in [5.41, 5.74) is 4.21. The first-order chi connectivity index (χ1) is 17.5. The number of piperidine rings is 1. The van der Waals surface area contributed by atoms with Crippen molar-refractivity contribution < 1.29 is 4.79 Å². The van der Waals surface area contributed by atoms with Crippen LogP contribution in [0.5, 0.6) is 0 Å². The SMILES string of the molecule is CCCNC(=O)N1CCN(C2CC=Nn3cc(C4C=CC(C5CCN(C(C)C)CC5)=CC4)cc32)CC1. The van der Waals surface area contributed by atoms with Crippen molar-refractivity contribution in [2.75, 3.05) is 45.8 Å². The number of hydrogen-bond donors (Lipinski definition) is 1. The second-order valence-electron chi connectivity index (χ2n) is 11.2. The summed E-state index contributed by atoms with van der Waals surface area (Å²) in [7, 11) is 0. The molecule has 4 heterocycles. The number of urea groups is 1. The molecule has 1 N–H and O–H groups in total. The third-order valence-corrected chi connectivity index (χ3v) is 8.58. The Hall–Kier alpha value is -2.38. The van der Waals surface area contributed by atoms with Crippen LogP contribution >= 0.6 is 0 Å². The average molecular weight is 493 g/mol. The summed E-state index contributed by atoms with van der Waals surface area (Å²) in [6.07, 6.45) is 17.2. The van der Waals surface area contributed by atoms with Gasteiger partial charge in [-0.15, -0.1) is 0 Å². The Labute approximate surface area is 216 Å². The van der Waals surface area contributed by atoms with Crippen LogP contribution in [0.25, 0.3) is 0 Å². The van der Waals surface area contributed by atoms with Crippen LogP contribution in [-0.4, -0.2) is 83.5 Å². The molecule has 3 aliphatic heterocycles. The minimum Gasteiger partial charge on any atom is -0.338 e. The Bertz CT molecular complexity index is 991. The van der Waals surface area contributed by atoms with Gasteiger partial charge in [-0.2, -0.15) is 5.10 Å². The van der Waals surface area contributed by atoms with Gasteiger partial charge in [0.25, 0.3) is 0 Å². The van der Waals surface area contributed by atoms with Gasteiger partial charge >= 0.3 is 6.03 Å². The van der Waals surface area contributed by atoms with Gasteiger partial charge in [-0.3, -0.25) is 4.90 Å². The second-order valence-corrected chi connectivity index (χ2v) is 11.2. The van der Waals surface area contributed by atoms with Gasteiger partial charge in [0.1, 0.15) is 0 Å². The monoisotopic (exact) mass is 492 g/mol. The van der Waals surface area contributed by atoms with Crippen LogP contribution in [0, 0.1) is 5.92 Å². The van der Waals surface area contributed by atoms with Crippen LogP contribution in [0.2, 0.25) is 0 Å². The molecule has 0 aromatic carbocycles. The van der Waals surface area contributed by atoms with Crippen molar-refractivity contribution in [3.8, 4) is 0 Å². The van der Waals surface area contributed by atoms with Crippen LogP contribution in [0.15, 0.2) is 41.2 Å². The van der Waals surface area contributed by atoms with Crippen molar-refractivity contribution in [2.45, 2.75) is 70.9 Å². The smallest absolute Gasteiger partial charge is 0.317 e. The van der Waals surface area contributed by atoms with E-state index in [4.69, 9.17) is 0 Å². The van der Waals surface area contributed by atoms with E-state index in [1.54, 1.807) is 5.57 Å². The molecular formula is C29H44N6O. The molecule has 0 saturated carbocycles. The fourth-order valence-electron chi connectivity index (χ4n) is 6.25. The number of nitrogens with zero attached hydrogens (tertiary/aromatic N) is 5. The van der Waals surface area contributed by atoms with Crippen molar-refractivity contribution >= 4 is 12.2 Å². The lowest BCUT2D eigenvalue weighted by Gasteiger charge is -2.39. The van der Waals surface area contributed by atoms with Gasteiger partial charge in [-0.05, 0) is 75.7 Å². The standard InChI is InChI=1S/C29H44N6O/c1-4-12-30-29(36)34-18-16-33(17-19-34)27-9-13-31-35-21-26(20-28(27)35)24-7-5-23(6-8-24)25-10-14-32(15-11-25)22(2)3/h5-7,13,20-22,24-25,27H,4,8-12,14-19H2,1-3H3,(H,30,36). The van der Waals surface area contributed by atoms with Crippen LogP contribution in [0.4, 0.5) is 4.79 Å². The number of amides is 2. The van der Waals surface area contributed by atoms with Crippen molar-refractivity contribution in [1.82, 2.24) is 24.7 Å². The Kier molecular flexibility index (Phi) is 7.96. The van der Waals surface area contributed by atoms with Gasteiger partial charge in [0.15, 0.2) is 0 Å². The topological polar surface area (TPSA) is 56.1 Å². The fourth-order valence-corrected chi connectivity index (χ4v) is 6.25. The van der Waals surface area contributed by atoms with E-state index >= 15 is 0 Å². The number of nitrogens with one attached hydrogen (secondary N) is 1. The van der Waals surface area contributed by atoms with Crippen LogP contribution < -0.4 is 5.32 Å². The van der Waals surface area contributed by atoms with Crippen molar-refractivity contribution in [3.63, 3.8) is 0 Å². The summed E-state index contributed by atoms with van der Waals surface area (Å²) < 4.78 is 2.10. The maximum atomic E-state index is 12.3. The molecule has 0 bridgehead atoms. The first kappa shape index (κ1) is 25.3. The number of fused-ring (bicyclic) bond motifs is 1. The van der Waals surface area contributed by atoms with E-state index in [-0.39, 0.29) is 6.03 Å². The lowest BCUT2D eigenvalue weighted by atomic mass is 9.82. The molecule has 7 nitrogen and oxygen atoms in total. The van der Waals surface area contributed by atoms with E-state index in [0.29, 0.717) is 18.0 Å². The molecular weight excluding hydrogens is 448 g/mol. The molecule has 1 aromatic heterocycles. The number of likely N-dealkylation sites (tertiary alicyclic amines) is 1. The molecule has 2 atom stereocenters. The summed E-state index contributed by atoms with van der Waals surface area (Å²) >= 11 is 0. The molecule has 1 aliphatic carbocycles. The zero-order valence-corrected chi connectivity index (χ0v) is 22.4. The van der Waals surface area contributed by atoms with Gasteiger partial charge in [0.2, 0.25) is 0 Å². The molecule has 2 fully saturated rings. The quantitative estimate of drug-likeness (QED) is 0.632. The Morgan fingerprint density at radius 2 is 1.89 bits per heavy atom. The number of piperazine rings is 1. The van der Waals surface area contributed by atoms with Gasteiger partial charge in [-0.1, -0.05) is 25.2 Å². The zero-order chi connectivity index (χ0) is 25.1. The molecule has 1 aromatic rings. The highest BCUT2D eigenvalue weighted by molar-refractivity contribution is 5.74. The summed E-state index contributed by atoms with van der Waals surface area (Å²) in [5, 5.41) is 7.70. The van der Waals surface area contributed by atoms with Crippen molar-refractivity contribution in [1.29, 1.82) is 0 Å². The third kappa shape index (κ3) is 5.47. The maximum absolute atomic E-state index is 12.3. The fraction of sp³-hybridized carbons (Fsp3) is 0.655. The summed E-state index contributed by atoms with van der Waals surface area (Å²) in [4.78, 5) is 19.4. The minimum atomic E-state index is 0.0781. The normalized spacial score (nSPS) is 25.8. The summed E-state index contributed by atoms with van der Waals surface area (Å²) in [5.74, 6) is 1.15. The summed E-state index contributed by atoms with van der Waals surface area (Å²) in [6.45, 7) is 13.3. The van der Waals surface area contributed by atoms with E-state index < -0.39 is 0 Å². The number of allylic oxidation sites excluding steroid dienone is 4. The summed E-state index contributed by atoms with van der Waals surface area (Å²) in [6, 6.07) is 3.46. The Morgan fingerprint density at radius 1 is 1.11 bits per heavy atom. The molecule has 2 unspecified atom stereocenters. The number of hydrogen-bond acceptors (Lipinski definition) is 4. The molecule has 196 valence electrons. The predicted molar refractivity (Wildman–Crippen MR) is 147 cm³/mol. The van der Waals surface area contributed by atoms with E-state index in [1.165, 1.54) is 37.2 Å². The number of carbonyl (C=O) groups is 1. The van der Waals surface area contributed by atoms with Gasteiger partial charge in [0, 0.05) is 63.5 Å². The number of carbonyl (C=O) groups excluding carboxylic acids is 1. The van der Waals surface area contributed by atoms with Gasteiger partial charge in [-0.25, -0.2) is 9.47 Å². The van der Waals surface area contributed by atoms with Crippen molar-refractivity contribution in [3.05, 3.63) is 47.3 Å². The molecule has 2 amide bonds. The number of rotatable bonds is 6. The zero-order valence-electron chi connectivity index (χ0n) is 22.4. The lowest BCUT2D eigenvalue weighted by Crippen LogP contribution is -2.52. The number of aromatic nitrogens is 1. The highest BCUT2D eigenvalue weighted by Gasteiger charge is 2.31. The van der Waals surface area contributed by atoms with Crippen LogP contribution in [0.3, 0.4) is 0 Å².